The first-order valence-corrected chi connectivity index (χ1v) is 7.62. The van der Waals surface area contributed by atoms with Gasteiger partial charge >= 0.3 is 0 Å². The van der Waals surface area contributed by atoms with Gasteiger partial charge in [-0.25, -0.2) is 0 Å². The predicted octanol–water partition coefficient (Wildman–Crippen LogP) is 2.52. The molecule has 0 amide bonds. The fourth-order valence-corrected chi connectivity index (χ4v) is 2.79. The molecule has 0 atom stereocenters. The molecule has 0 fully saturated rings. The number of fused-ring (bicyclic) bond motifs is 1. The predicted molar refractivity (Wildman–Crippen MR) is 78.5 cm³/mol. The van der Waals surface area contributed by atoms with Crippen molar-refractivity contribution in [3.05, 3.63) is 35.2 Å². The smallest absolute Gasteiger partial charge is 0.164 e. The van der Waals surface area contributed by atoms with Crippen LogP contribution in [0.1, 0.15) is 17.0 Å². The van der Waals surface area contributed by atoms with Crippen LogP contribution in [0, 0.1) is 0 Å². The maximum absolute atomic E-state index is 5.46. The molecule has 0 spiro atoms. The molecule has 20 heavy (non-hydrogen) atoms. The summed E-state index contributed by atoms with van der Waals surface area (Å²) < 4.78 is 12.7. The van der Waals surface area contributed by atoms with Gasteiger partial charge in [0.1, 0.15) is 5.82 Å². The summed E-state index contributed by atoms with van der Waals surface area (Å²) in [5.74, 6) is 1.79. The van der Waals surface area contributed by atoms with Crippen LogP contribution in [0.4, 0.5) is 0 Å². The number of benzene rings is 1. The van der Waals surface area contributed by atoms with E-state index in [2.05, 4.69) is 48.9 Å². The Morgan fingerprint density at radius 2 is 2.15 bits per heavy atom. The number of rotatable bonds is 5. The summed E-state index contributed by atoms with van der Waals surface area (Å²) in [5, 5.41) is 9.24. The van der Waals surface area contributed by atoms with E-state index in [1.807, 2.05) is 0 Å². The average molecular weight is 338 g/mol. The fraction of sp³-hybridized carbons (Fsp3) is 0.429. The molecule has 0 saturated heterocycles. The molecule has 2 heterocycles. The van der Waals surface area contributed by atoms with Crippen molar-refractivity contribution in [2.24, 2.45) is 0 Å². The van der Waals surface area contributed by atoms with Crippen molar-refractivity contribution in [1.29, 1.82) is 0 Å². The highest BCUT2D eigenvalue weighted by Gasteiger charge is 2.16. The lowest BCUT2D eigenvalue weighted by molar-refractivity contribution is 0.134. The standard InChI is InChI=1S/C14H16BrN3O2/c1-19-5-4-18-13(7-15)16-17-14(18)10-2-3-11-8-20-9-12(11)6-10/h2-3,6H,4-5,7-9H2,1H3. The van der Waals surface area contributed by atoms with Crippen molar-refractivity contribution in [1.82, 2.24) is 14.8 Å². The Hall–Kier alpha value is -1.24. The summed E-state index contributed by atoms with van der Waals surface area (Å²) in [4.78, 5) is 0. The Balaban J connectivity index is 1.98. The molecule has 0 saturated carbocycles. The highest BCUT2D eigenvalue weighted by atomic mass is 79.9. The first-order valence-electron chi connectivity index (χ1n) is 6.50. The van der Waals surface area contributed by atoms with E-state index in [9.17, 15) is 0 Å². The second-order valence-corrected chi connectivity index (χ2v) is 5.25. The van der Waals surface area contributed by atoms with E-state index in [-0.39, 0.29) is 0 Å². The van der Waals surface area contributed by atoms with Crippen LogP contribution in [0.3, 0.4) is 0 Å². The number of methoxy groups -OCH3 is 1. The molecule has 5 nitrogen and oxygen atoms in total. The van der Waals surface area contributed by atoms with Gasteiger partial charge in [0.05, 0.1) is 25.2 Å². The Kier molecular flexibility index (Phi) is 4.14. The van der Waals surface area contributed by atoms with Gasteiger partial charge in [0, 0.05) is 19.2 Å². The zero-order valence-electron chi connectivity index (χ0n) is 11.3. The topological polar surface area (TPSA) is 49.2 Å². The molecule has 6 heteroatoms. The molecule has 1 aromatic heterocycles. The number of hydrogen-bond acceptors (Lipinski definition) is 4. The molecule has 2 aromatic rings. The van der Waals surface area contributed by atoms with Gasteiger partial charge in [-0.2, -0.15) is 0 Å². The number of alkyl halides is 1. The summed E-state index contributed by atoms with van der Waals surface area (Å²) >= 11 is 3.45. The summed E-state index contributed by atoms with van der Waals surface area (Å²) in [6, 6.07) is 6.34. The molecule has 0 aliphatic carbocycles. The van der Waals surface area contributed by atoms with Crippen molar-refractivity contribution in [2.45, 2.75) is 25.1 Å². The number of nitrogens with zero attached hydrogens (tertiary/aromatic N) is 3. The molecule has 3 rings (SSSR count). The first kappa shape index (κ1) is 13.7. The van der Waals surface area contributed by atoms with Crippen LogP contribution >= 0.6 is 15.9 Å². The zero-order chi connectivity index (χ0) is 13.9. The minimum Gasteiger partial charge on any atom is -0.383 e. The van der Waals surface area contributed by atoms with E-state index in [4.69, 9.17) is 9.47 Å². The molecule has 1 aliphatic rings. The van der Waals surface area contributed by atoms with Gasteiger partial charge in [-0.3, -0.25) is 0 Å². The number of aromatic nitrogens is 3. The van der Waals surface area contributed by atoms with Crippen molar-refractivity contribution in [3.8, 4) is 11.4 Å². The highest BCUT2D eigenvalue weighted by molar-refractivity contribution is 9.08. The van der Waals surface area contributed by atoms with Gasteiger partial charge in [-0.05, 0) is 17.2 Å². The normalized spacial score (nSPS) is 13.7. The summed E-state index contributed by atoms with van der Waals surface area (Å²) in [7, 11) is 1.70. The second-order valence-electron chi connectivity index (χ2n) is 4.69. The quantitative estimate of drug-likeness (QED) is 0.786. The van der Waals surface area contributed by atoms with E-state index in [1.165, 1.54) is 11.1 Å². The molecule has 0 radical (unpaired) electrons. The Labute approximate surface area is 126 Å². The molecule has 106 valence electrons. The van der Waals surface area contributed by atoms with Gasteiger partial charge in [-0.1, -0.05) is 28.1 Å². The van der Waals surface area contributed by atoms with Crippen molar-refractivity contribution in [2.75, 3.05) is 13.7 Å². The minimum absolute atomic E-state index is 0.638. The third kappa shape index (κ3) is 2.51. The molecule has 0 unspecified atom stereocenters. The third-order valence-electron chi connectivity index (χ3n) is 3.45. The van der Waals surface area contributed by atoms with Crippen LogP contribution in [-0.4, -0.2) is 28.5 Å². The molecule has 1 aromatic carbocycles. The van der Waals surface area contributed by atoms with E-state index < -0.39 is 0 Å². The molecular formula is C14H16BrN3O2. The maximum atomic E-state index is 5.46. The lowest BCUT2D eigenvalue weighted by Crippen LogP contribution is -2.09. The van der Waals surface area contributed by atoms with Crippen LogP contribution in [0.15, 0.2) is 18.2 Å². The van der Waals surface area contributed by atoms with Crippen LogP contribution in [0.2, 0.25) is 0 Å². The maximum Gasteiger partial charge on any atom is 0.164 e. The van der Waals surface area contributed by atoms with Crippen LogP contribution in [0.25, 0.3) is 11.4 Å². The van der Waals surface area contributed by atoms with Gasteiger partial charge in [-0.15, -0.1) is 10.2 Å². The fourth-order valence-electron chi connectivity index (χ4n) is 2.38. The van der Waals surface area contributed by atoms with Crippen LogP contribution in [0.5, 0.6) is 0 Å². The Bertz CT molecular complexity index is 612. The number of ether oxygens (including phenoxy) is 2. The van der Waals surface area contributed by atoms with E-state index in [1.54, 1.807) is 7.11 Å². The third-order valence-corrected chi connectivity index (χ3v) is 3.95. The van der Waals surface area contributed by atoms with E-state index in [0.29, 0.717) is 25.2 Å². The minimum atomic E-state index is 0.638. The molecule has 0 bridgehead atoms. The van der Waals surface area contributed by atoms with Crippen LogP contribution < -0.4 is 0 Å². The Morgan fingerprint density at radius 1 is 1.30 bits per heavy atom. The van der Waals surface area contributed by atoms with E-state index in [0.717, 1.165) is 23.8 Å². The van der Waals surface area contributed by atoms with Gasteiger partial charge < -0.3 is 14.0 Å². The van der Waals surface area contributed by atoms with Crippen molar-refractivity contribution in [3.63, 3.8) is 0 Å². The van der Waals surface area contributed by atoms with Crippen molar-refractivity contribution >= 4 is 15.9 Å². The summed E-state index contributed by atoms with van der Waals surface area (Å²) in [6.45, 7) is 2.77. The Morgan fingerprint density at radius 3 is 2.95 bits per heavy atom. The van der Waals surface area contributed by atoms with E-state index >= 15 is 0 Å². The summed E-state index contributed by atoms with van der Waals surface area (Å²) in [6.07, 6.45) is 0. The largest absolute Gasteiger partial charge is 0.383 e. The van der Waals surface area contributed by atoms with Gasteiger partial charge in [0.25, 0.3) is 0 Å². The van der Waals surface area contributed by atoms with Gasteiger partial charge in [0.2, 0.25) is 0 Å². The average Bonchev–Trinajstić information content (AvgIpc) is 3.10. The SMILES string of the molecule is COCCn1c(CBr)nnc1-c1ccc2c(c1)COC2. The highest BCUT2D eigenvalue weighted by Crippen LogP contribution is 2.26. The second kappa shape index (κ2) is 6.03. The zero-order valence-corrected chi connectivity index (χ0v) is 12.9. The van der Waals surface area contributed by atoms with Gasteiger partial charge in [0.15, 0.2) is 5.82 Å². The molecular weight excluding hydrogens is 322 g/mol. The van der Waals surface area contributed by atoms with Crippen LogP contribution in [-0.2, 0) is 34.6 Å². The van der Waals surface area contributed by atoms with Crippen molar-refractivity contribution < 1.29 is 9.47 Å². The first-order chi connectivity index (χ1) is 9.83. The number of hydrogen-bond donors (Lipinski definition) is 0. The monoisotopic (exact) mass is 337 g/mol. The lowest BCUT2D eigenvalue weighted by atomic mass is 10.1. The molecule has 1 aliphatic heterocycles. The number of halogens is 1. The molecule has 0 N–H and O–H groups in total. The summed E-state index contributed by atoms with van der Waals surface area (Å²) in [5.41, 5.74) is 3.58. The lowest BCUT2D eigenvalue weighted by Gasteiger charge is -2.09.